The van der Waals surface area contributed by atoms with Crippen LogP contribution in [0.5, 0.6) is 0 Å². The van der Waals surface area contributed by atoms with E-state index in [1.807, 2.05) is 11.0 Å². The van der Waals surface area contributed by atoms with Crippen LogP contribution in [0.25, 0.3) is 0 Å². The predicted octanol–water partition coefficient (Wildman–Crippen LogP) is 1.59. The highest BCUT2D eigenvalue weighted by Gasteiger charge is 2.31. The van der Waals surface area contributed by atoms with Crippen molar-refractivity contribution >= 4 is 23.3 Å². The minimum absolute atomic E-state index is 0.0553. The number of ether oxygens (including phenoxy) is 1. The zero-order chi connectivity index (χ0) is 16.2. The lowest BCUT2D eigenvalue weighted by atomic mass is 10.2. The number of urea groups is 1. The van der Waals surface area contributed by atoms with Gasteiger partial charge in [-0.2, -0.15) is 0 Å². The van der Waals surface area contributed by atoms with Crippen LogP contribution >= 0.6 is 11.3 Å². The molecule has 2 aliphatic heterocycles. The molecule has 0 aliphatic carbocycles. The lowest BCUT2D eigenvalue weighted by Gasteiger charge is -2.35. The first-order valence-electron chi connectivity index (χ1n) is 8.12. The molecule has 0 saturated carbocycles. The Kier molecular flexibility index (Phi) is 5.17. The van der Waals surface area contributed by atoms with Gasteiger partial charge in [-0.25, -0.2) is 4.79 Å². The number of hydrogen-bond acceptors (Lipinski definition) is 4. The van der Waals surface area contributed by atoms with Crippen molar-refractivity contribution in [1.82, 2.24) is 15.1 Å². The van der Waals surface area contributed by atoms with E-state index in [0.29, 0.717) is 39.3 Å². The van der Waals surface area contributed by atoms with Crippen molar-refractivity contribution in [3.8, 4) is 0 Å². The smallest absolute Gasteiger partial charge is 0.317 e. The minimum atomic E-state index is -0.266. The molecule has 0 bridgehead atoms. The predicted molar refractivity (Wildman–Crippen MR) is 88.4 cm³/mol. The molecule has 0 spiro atoms. The number of nitrogens with one attached hydrogen (secondary N) is 1. The maximum absolute atomic E-state index is 12.3. The number of aryl methyl sites for hydroxylation is 1. The van der Waals surface area contributed by atoms with Gasteiger partial charge in [-0.15, -0.1) is 11.3 Å². The van der Waals surface area contributed by atoms with Gasteiger partial charge in [0.25, 0.3) is 5.91 Å². The van der Waals surface area contributed by atoms with Crippen molar-refractivity contribution in [3.05, 3.63) is 21.9 Å². The molecule has 23 heavy (non-hydrogen) atoms. The third kappa shape index (κ3) is 4.03. The highest BCUT2D eigenvalue weighted by molar-refractivity contribution is 7.11. The summed E-state index contributed by atoms with van der Waals surface area (Å²) >= 11 is 1.69. The van der Waals surface area contributed by atoms with Gasteiger partial charge in [0.1, 0.15) is 6.10 Å². The topological polar surface area (TPSA) is 61.9 Å². The van der Waals surface area contributed by atoms with Crippen molar-refractivity contribution in [2.24, 2.45) is 0 Å². The number of nitrogens with zero attached hydrogens (tertiary/aromatic N) is 2. The molecule has 3 amide bonds. The summed E-state index contributed by atoms with van der Waals surface area (Å²) in [6, 6.07) is 4.04. The number of carbonyl (C=O) groups excluding carboxylic acids is 2. The van der Waals surface area contributed by atoms with Crippen LogP contribution in [0.1, 0.15) is 22.6 Å². The lowest BCUT2D eigenvalue weighted by Crippen LogP contribution is -2.54. The second-order valence-corrected chi connectivity index (χ2v) is 7.36. The minimum Gasteiger partial charge on any atom is -0.368 e. The zero-order valence-corrected chi connectivity index (χ0v) is 14.2. The van der Waals surface area contributed by atoms with E-state index < -0.39 is 0 Å². The fourth-order valence-corrected chi connectivity index (χ4v) is 3.79. The fraction of sp³-hybridized carbons (Fsp3) is 0.625. The van der Waals surface area contributed by atoms with Gasteiger partial charge in [-0.3, -0.25) is 4.79 Å². The molecule has 6 nitrogen and oxygen atoms in total. The Labute approximate surface area is 140 Å². The maximum Gasteiger partial charge on any atom is 0.317 e. The van der Waals surface area contributed by atoms with E-state index in [4.69, 9.17) is 4.74 Å². The van der Waals surface area contributed by atoms with E-state index in [0.717, 1.165) is 17.7 Å². The molecule has 2 fully saturated rings. The van der Waals surface area contributed by atoms with Crippen LogP contribution in [0.4, 0.5) is 4.79 Å². The molecule has 7 heteroatoms. The Bertz CT molecular complexity index is 561. The van der Waals surface area contributed by atoms with E-state index in [-0.39, 0.29) is 18.0 Å². The molecule has 0 radical (unpaired) electrons. The van der Waals surface area contributed by atoms with Crippen LogP contribution in [-0.4, -0.2) is 60.6 Å². The van der Waals surface area contributed by atoms with Gasteiger partial charge in [-0.05, 0) is 31.9 Å². The first-order chi connectivity index (χ1) is 11.1. The monoisotopic (exact) mass is 337 g/mol. The summed E-state index contributed by atoms with van der Waals surface area (Å²) in [5.41, 5.74) is 0. The molecular formula is C16H23N3O3S. The van der Waals surface area contributed by atoms with Crippen LogP contribution < -0.4 is 5.32 Å². The number of piperazine rings is 1. The highest BCUT2D eigenvalue weighted by atomic mass is 32.1. The maximum atomic E-state index is 12.3. The first-order valence-corrected chi connectivity index (χ1v) is 8.93. The molecular weight excluding hydrogens is 314 g/mol. The number of thiophene rings is 1. The third-order valence-corrected chi connectivity index (χ3v) is 5.29. The number of carbonyl (C=O) groups is 2. The van der Waals surface area contributed by atoms with E-state index >= 15 is 0 Å². The molecule has 1 aromatic heterocycles. The molecule has 3 heterocycles. The van der Waals surface area contributed by atoms with Crippen LogP contribution in [0.3, 0.4) is 0 Å². The Balaban J connectivity index is 1.42. The second-order valence-electron chi connectivity index (χ2n) is 5.99. The summed E-state index contributed by atoms with van der Waals surface area (Å²) < 4.78 is 5.45. The molecule has 3 rings (SSSR count). The fourth-order valence-electron chi connectivity index (χ4n) is 2.96. The molecule has 1 N–H and O–H groups in total. The SMILES string of the molecule is Cc1ccc(CNC(=O)N2CCN(C(=O)[C@H]3CCCO3)CC2)s1. The van der Waals surface area contributed by atoms with Crippen molar-refractivity contribution in [2.75, 3.05) is 32.8 Å². The number of hydrogen-bond donors (Lipinski definition) is 1. The average molecular weight is 337 g/mol. The van der Waals surface area contributed by atoms with Gasteiger partial charge >= 0.3 is 6.03 Å². The molecule has 126 valence electrons. The summed E-state index contributed by atoms with van der Waals surface area (Å²) in [6.07, 6.45) is 1.51. The van der Waals surface area contributed by atoms with E-state index in [1.165, 1.54) is 4.88 Å². The summed E-state index contributed by atoms with van der Waals surface area (Å²) in [5.74, 6) is 0.0802. The summed E-state index contributed by atoms with van der Waals surface area (Å²) in [6.45, 7) is 5.63. The quantitative estimate of drug-likeness (QED) is 0.911. The van der Waals surface area contributed by atoms with Gasteiger partial charge in [-0.1, -0.05) is 0 Å². The number of rotatable bonds is 3. The standard InChI is InChI=1S/C16H23N3O3S/c1-12-4-5-13(23-12)11-17-16(21)19-8-6-18(7-9-19)15(20)14-3-2-10-22-14/h4-5,14H,2-3,6-11H2,1H3,(H,17,21)/t14-/m1/s1. The van der Waals surface area contributed by atoms with Gasteiger partial charge in [0.15, 0.2) is 0 Å². The highest BCUT2D eigenvalue weighted by Crippen LogP contribution is 2.17. The molecule has 0 unspecified atom stereocenters. The largest absolute Gasteiger partial charge is 0.368 e. The molecule has 1 atom stereocenters. The summed E-state index contributed by atoms with van der Waals surface area (Å²) in [7, 11) is 0. The zero-order valence-electron chi connectivity index (χ0n) is 13.4. The molecule has 2 aliphatic rings. The van der Waals surface area contributed by atoms with Gasteiger partial charge < -0.3 is 19.9 Å². The van der Waals surface area contributed by atoms with E-state index in [2.05, 4.69) is 18.3 Å². The van der Waals surface area contributed by atoms with E-state index in [1.54, 1.807) is 16.2 Å². The normalized spacial score (nSPS) is 21.5. The van der Waals surface area contributed by atoms with Gasteiger partial charge in [0.2, 0.25) is 0 Å². The number of amides is 3. The van der Waals surface area contributed by atoms with Crippen molar-refractivity contribution in [2.45, 2.75) is 32.4 Å². The summed E-state index contributed by atoms with van der Waals surface area (Å²) in [5, 5.41) is 2.95. The van der Waals surface area contributed by atoms with Crippen LogP contribution in [0, 0.1) is 6.92 Å². The van der Waals surface area contributed by atoms with Crippen molar-refractivity contribution in [3.63, 3.8) is 0 Å². The van der Waals surface area contributed by atoms with Gasteiger partial charge in [0.05, 0.1) is 6.54 Å². The third-order valence-electron chi connectivity index (χ3n) is 4.29. The average Bonchev–Trinajstić information content (AvgIpc) is 3.24. The van der Waals surface area contributed by atoms with Crippen molar-refractivity contribution in [1.29, 1.82) is 0 Å². The lowest BCUT2D eigenvalue weighted by molar-refractivity contribution is -0.142. The molecule has 2 saturated heterocycles. The van der Waals surface area contributed by atoms with E-state index in [9.17, 15) is 9.59 Å². The first kappa shape index (κ1) is 16.3. The van der Waals surface area contributed by atoms with Crippen LogP contribution in [0.15, 0.2) is 12.1 Å². The Morgan fingerprint density at radius 3 is 2.61 bits per heavy atom. The Morgan fingerprint density at radius 1 is 1.26 bits per heavy atom. The van der Waals surface area contributed by atoms with Crippen LogP contribution in [0.2, 0.25) is 0 Å². The second kappa shape index (κ2) is 7.31. The Morgan fingerprint density at radius 2 is 2.00 bits per heavy atom. The Hall–Kier alpha value is -1.60. The van der Waals surface area contributed by atoms with Crippen molar-refractivity contribution < 1.29 is 14.3 Å². The van der Waals surface area contributed by atoms with Crippen LogP contribution in [-0.2, 0) is 16.1 Å². The van der Waals surface area contributed by atoms with Gasteiger partial charge in [0, 0.05) is 42.5 Å². The molecule has 1 aromatic rings. The molecule has 0 aromatic carbocycles. The summed E-state index contributed by atoms with van der Waals surface area (Å²) in [4.78, 5) is 30.5.